The molecule has 0 spiro atoms. The van der Waals surface area contributed by atoms with Crippen LogP contribution in [0.15, 0.2) is 54.6 Å². The minimum Gasteiger partial charge on any atom is -0.338 e. The molecule has 0 aromatic heterocycles. The number of aryl methyl sites for hydroxylation is 1. The van der Waals surface area contributed by atoms with Gasteiger partial charge in [0.1, 0.15) is 6.04 Å². The molecule has 2 N–H and O–H groups in total. The van der Waals surface area contributed by atoms with E-state index in [-0.39, 0.29) is 11.9 Å². The van der Waals surface area contributed by atoms with E-state index in [0.29, 0.717) is 5.92 Å². The molecule has 3 heteroatoms. The normalized spacial score (nSPS) is 22.1. The zero-order valence-electron chi connectivity index (χ0n) is 13.8. The second-order valence-electron chi connectivity index (χ2n) is 6.52. The first-order chi connectivity index (χ1) is 11.1. The van der Waals surface area contributed by atoms with Crippen molar-refractivity contribution in [2.75, 3.05) is 6.54 Å². The van der Waals surface area contributed by atoms with Crippen molar-refractivity contribution in [3.05, 3.63) is 71.3 Å². The van der Waals surface area contributed by atoms with Gasteiger partial charge in [-0.3, -0.25) is 4.79 Å². The number of likely N-dealkylation sites (tertiary alicyclic amines) is 1. The molecule has 1 amide bonds. The van der Waals surface area contributed by atoms with E-state index in [4.69, 9.17) is 5.73 Å². The van der Waals surface area contributed by atoms with Crippen LogP contribution in [0.3, 0.4) is 0 Å². The second-order valence-corrected chi connectivity index (χ2v) is 6.52. The third kappa shape index (κ3) is 3.15. The Balaban J connectivity index is 1.76. The Morgan fingerprint density at radius 1 is 1.13 bits per heavy atom. The number of nitrogens with two attached hydrogens (primary N) is 1. The Kier molecular flexibility index (Phi) is 4.49. The summed E-state index contributed by atoms with van der Waals surface area (Å²) in [6.07, 6.45) is 0.998. The lowest BCUT2D eigenvalue weighted by atomic mass is 9.93. The van der Waals surface area contributed by atoms with Crippen molar-refractivity contribution in [1.29, 1.82) is 0 Å². The van der Waals surface area contributed by atoms with E-state index in [0.717, 1.165) is 18.5 Å². The highest BCUT2D eigenvalue weighted by Crippen LogP contribution is 2.34. The first kappa shape index (κ1) is 15.8. The van der Waals surface area contributed by atoms with Crippen molar-refractivity contribution in [2.24, 2.45) is 5.73 Å². The molecule has 0 bridgehead atoms. The van der Waals surface area contributed by atoms with Gasteiger partial charge in [-0.1, -0.05) is 54.6 Å². The number of hydrogen-bond donors (Lipinski definition) is 1. The van der Waals surface area contributed by atoms with Crippen LogP contribution in [0.2, 0.25) is 0 Å². The Hall–Kier alpha value is -2.13. The van der Waals surface area contributed by atoms with Crippen LogP contribution in [0.25, 0.3) is 0 Å². The summed E-state index contributed by atoms with van der Waals surface area (Å²) < 4.78 is 0. The molecule has 23 heavy (non-hydrogen) atoms. The predicted molar refractivity (Wildman–Crippen MR) is 93.1 cm³/mol. The van der Waals surface area contributed by atoms with Crippen LogP contribution in [0.4, 0.5) is 0 Å². The second kappa shape index (κ2) is 6.55. The number of carbonyl (C=O) groups is 1. The fourth-order valence-electron chi connectivity index (χ4n) is 3.59. The first-order valence-corrected chi connectivity index (χ1v) is 8.24. The summed E-state index contributed by atoms with van der Waals surface area (Å²) in [6, 6.07) is 17.7. The largest absolute Gasteiger partial charge is 0.338 e. The van der Waals surface area contributed by atoms with Crippen molar-refractivity contribution in [3.8, 4) is 0 Å². The number of rotatable bonds is 3. The maximum absolute atomic E-state index is 12.8. The maximum atomic E-state index is 12.8. The van der Waals surface area contributed by atoms with Crippen LogP contribution in [-0.2, 0) is 4.79 Å². The molecule has 3 unspecified atom stereocenters. The predicted octanol–water partition coefficient (Wildman–Crippen LogP) is 3.40. The highest BCUT2D eigenvalue weighted by atomic mass is 16.2. The third-order valence-electron chi connectivity index (χ3n) is 4.91. The molecule has 120 valence electrons. The van der Waals surface area contributed by atoms with Gasteiger partial charge in [0.15, 0.2) is 0 Å². The summed E-state index contributed by atoms with van der Waals surface area (Å²) in [5.74, 6) is 0.429. The summed E-state index contributed by atoms with van der Waals surface area (Å²) in [7, 11) is 0. The zero-order chi connectivity index (χ0) is 16.4. The van der Waals surface area contributed by atoms with E-state index in [9.17, 15) is 4.79 Å². The third-order valence-corrected chi connectivity index (χ3v) is 4.91. The van der Waals surface area contributed by atoms with Gasteiger partial charge in [-0.2, -0.15) is 0 Å². The Labute approximate surface area is 138 Å². The molecule has 2 aromatic carbocycles. The number of amides is 1. The summed E-state index contributed by atoms with van der Waals surface area (Å²) >= 11 is 0. The molecule has 3 rings (SSSR count). The standard InChI is InChI=1S/C20H24N2O/c1-14-8-6-7-11-18(14)17-12-15(2)22(13-17)20(23)19(21)16-9-4-3-5-10-16/h3-11,15,17,19H,12-13,21H2,1-2H3. The molecule has 0 saturated carbocycles. The zero-order valence-corrected chi connectivity index (χ0v) is 13.8. The highest BCUT2D eigenvalue weighted by molar-refractivity contribution is 5.83. The SMILES string of the molecule is Cc1ccccc1C1CC(C)N(C(=O)C(N)c2ccccc2)C1. The summed E-state index contributed by atoms with van der Waals surface area (Å²) in [6.45, 7) is 5.01. The first-order valence-electron chi connectivity index (χ1n) is 8.24. The average Bonchev–Trinajstić information content (AvgIpc) is 2.96. The Morgan fingerprint density at radius 2 is 1.78 bits per heavy atom. The van der Waals surface area contributed by atoms with E-state index in [1.807, 2.05) is 35.2 Å². The van der Waals surface area contributed by atoms with Crippen LogP contribution in [0, 0.1) is 6.92 Å². The monoisotopic (exact) mass is 308 g/mol. The van der Waals surface area contributed by atoms with Crippen molar-refractivity contribution < 1.29 is 4.79 Å². The molecule has 1 heterocycles. The number of benzene rings is 2. The van der Waals surface area contributed by atoms with Crippen molar-refractivity contribution in [3.63, 3.8) is 0 Å². The van der Waals surface area contributed by atoms with E-state index in [1.54, 1.807) is 0 Å². The number of hydrogen-bond acceptors (Lipinski definition) is 2. The fourth-order valence-corrected chi connectivity index (χ4v) is 3.59. The van der Waals surface area contributed by atoms with E-state index in [1.165, 1.54) is 11.1 Å². The van der Waals surface area contributed by atoms with Gasteiger partial charge < -0.3 is 10.6 Å². The highest BCUT2D eigenvalue weighted by Gasteiger charge is 2.35. The van der Waals surface area contributed by atoms with Gasteiger partial charge >= 0.3 is 0 Å². The topological polar surface area (TPSA) is 46.3 Å². The van der Waals surface area contributed by atoms with Crippen molar-refractivity contribution in [1.82, 2.24) is 4.90 Å². The molecule has 2 aromatic rings. The molecule has 3 nitrogen and oxygen atoms in total. The Bertz CT molecular complexity index is 683. The van der Waals surface area contributed by atoms with E-state index >= 15 is 0 Å². The van der Waals surface area contributed by atoms with Crippen LogP contribution in [0.1, 0.15) is 42.0 Å². The lowest BCUT2D eigenvalue weighted by molar-refractivity contribution is -0.133. The van der Waals surface area contributed by atoms with Crippen LogP contribution < -0.4 is 5.73 Å². The molecular weight excluding hydrogens is 284 g/mol. The Morgan fingerprint density at radius 3 is 2.48 bits per heavy atom. The minimum absolute atomic E-state index is 0.0276. The summed E-state index contributed by atoms with van der Waals surface area (Å²) in [5, 5.41) is 0. The molecule has 0 radical (unpaired) electrons. The van der Waals surface area contributed by atoms with Gasteiger partial charge in [0.25, 0.3) is 0 Å². The maximum Gasteiger partial charge on any atom is 0.244 e. The molecular formula is C20H24N2O. The molecule has 0 aliphatic carbocycles. The van der Waals surface area contributed by atoms with Crippen molar-refractivity contribution in [2.45, 2.75) is 38.3 Å². The lowest BCUT2D eigenvalue weighted by Crippen LogP contribution is -2.40. The van der Waals surface area contributed by atoms with Crippen molar-refractivity contribution >= 4 is 5.91 Å². The van der Waals surface area contributed by atoms with Gasteiger partial charge in [0.05, 0.1) is 0 Å². The van der Waals surface area contributed by atoms with Crippen LogP contribution >= 0.6 is 0 Å². The molecule has 1 aliphatic rings. The molecule has 1 saturated heterocycles. The van der Waals surface area contributed by atoms with Gasteiger partial charge in [0, 0.05) is 18.5 Å². The van der Waals surface area contributed by atoms with Gasteiger partial charge in [-0.15, -0.1) is 0 Å². The molecule has 1 fully saturated rings. The lowest BCUT2D eigenvalue weighted by Gasteiger charge is -2.25. The molecule has 1 aliphatic heterocycles. The molecule has 3 atom stereocenters. The number of nitrogens with zero attached hydrogens (tertiary/aromatic N) is 1. The average molecular weight is 308 g/mol. The van der Waals surface area contributed by atoms with Gasteiger partial charge in [-0.05, 0) is 37.0 Å². The van der Waals surface area contributed by atoms with Gasteiger partial charge in [0.2, 0.25) is 5.91 Å². The van der Waals surface area contributed by atoms with Crippen LogP contribution in [-0.4, -0.2) is 23.4 Å². The minimum atomic E-state index is -0.575. The fraction of sp³-hybridized carbons (Fsp3) is 0.350. The summed E-state index contributed by atoms with van der Waals surface area (Å²) in [4.78, 5) is 14.8. The van der Waals surface area contributed by atoms with Crippen LogP contribution in [0.5, 0.6) is 0 Å². The number of carbonyl (C=O) groups excluding carboxylic acids is 1. The smallest absolute Gasteiger partial charge is 0.244 e. The van der Waals surface area contributed by atoms with E-state index in [2.05, 4.69) is 38.1 Å². The quantitative estimate of drug-likeness (QED) is 0.944. The summed E-state index contributed by atoms with van der Waals surface area (Å²) in [5.41, 5.74) is 9.73. The van der Waals surface area contributed by atoms with E-state index < -0.39 is 6.04 Å². The van der Waals surface area contributed by atoms with Gasteiger partial charge in [-0.25, -0.2) is 0 Å².